The van der Waals surface area contributed by atoms with E-state index in [0.717, 1.165) is 35.9 Å². The summed E-state index contributed by atoms with van der Waals surface area (Å²) >= 11 is 1.32. The summed E-state index contributed by atoms with van der Waals surface area (Å²) in [6.07, 6.45) is 9.12. The van der Waals surface area contributed by atoms with Crippen LogP contribution >= 0.6 is 11.3 Å². The van der Waals surface area contributed by atoms with Crippen molar-refractivity contribution in [1.82, 2.24) is 8.87 Å². The van der Waals surface area contributed by atoms with Crippen LogP contribution in [0.5, 0.6) is 11.5 Å². The summed E-state index contributed by atoms with van der Waals surface area (Å²) in [6.45, 7) is 2.94. The number of hydrogen-bond donors (Lipinski definition) is 0. The van der Waals surface area contributed by atoms with Gasteiger partial charge in [0, 0.05) is 30.3 Å². The average Bonchev–Trinajstić information content (AvgIpc) is 3.46. The van der Waals surface area contributed by atoms with Gasteiger partial charge in [0.05, 0.1) is 21.7 Å². The maximum Gasteiger partial charge on any atom is 0.279 e. The van der Waals surface area contributed by atoms with Crippen molar-refractivity contribution in [2.24, 2.45) is 4.99 Å². The number of carbonyl (C=O) groups excluding carboxylic acids is 1. The quantitative estimate of drug-likeness (QED) is 0.487. The molecule has 1 amide bonds. The molecule has 3 heterocycles. The first kappa shape index (κ1) is 23.6. The van der Waals surface area contributed by atoms with E-state index in [1.165, 1.54) is 35.6 Å². The third-order valence-electron chi connectivity index (χ3n) is 6.38. The highest BCUT2D eigenvalue weighted by Gasteiger charge is 2.32. The number of amides is 1. The van der Waals surface area contributed by atoms with Crippen molar-refractivity contribution in [3.63, 3.8) is 0 Å². The third kappa shape index (κ3) is 4.35. The number of aromatic nitrogens is 1. The lowest BCUT2D eigenvalue weighted by Crippen LogP contribution is -2.43. The van der Waals surface area contributed by atoms with Crippen molar-refractivity contribution < 1.29 is 22.7 Å². The largest absolute Gasteiger partial charge is 0.454 e. The standard InChI is InChI=1S/C25H25N3O5S2/c1-3-12-27-20-14-21-22(33-16-32-21)15-23(20)34-25(27)26-24(29)17-8-10-19(11-9-17)35(30,31)28-13-6-5-7-18(28)4-2/h1,8-11,14-15,18H,4-7,12-13,16H2,2H3. The number of rotatable bonds is 5. The number of nitrogens with zero attached hydrogens (tertiary/aromatic N) is 3. The number of fused-ring (bicyclic) bond motifs is 2. The topological polar surface area (TPSA) is 90.2 Å². The highest BCUT2D eigenvalue weighted by Crippen LogP contribution is 2.37. The molecule has 5 rings (SSSR count). The average molecular weight is 512 g/mol. The molecular formula is C25H25N3O5S2. The van der Waals surface area contributed by atoms with E-state index in [1.54, 1.807) is 8.87 Å². The lowest BCUT2D eigenvalue weighted by atomic mass is 10.0. The van der Waals surface area contributed by atoms with Crippen LogP contribution in [0.4, 0.5) is 0 Å². The number of benzene rings is 2. The fourth-order valence-corrected chi connectivity index (χ4v) is 7.35. The minimum absolute atomic E-state index is 0.0155. The summed E-state index contributed by atoms with van der Waals surface area (Å²) in [5, 5.41) is 0. The lowest BCUT2D eigenvalue weighted by Gasteiger charge is -2.34. The molecule has 182 valence electrons. The van der Waals surface area contributed by atoms with E-state index in [-0.39, 0.29) is 24.3 Å². The van der Waals surface area contributed by atoms with Crippen LogP contribution in [0, 0.1) is 12.3 Å². The van der Waals surface area contributed by atoms with Gasteiger partial charge in [0.15, 0.2) is 16.3 Å². The van der Waals surface area contributed by atoms with Crippen molar-refractivity contribution in [2.75, 3.05) is 13.3 Å². The molecule has 0 spiro atoms. The second-order valence-electron chi connectivity index (χ2n) is 8.46. The molecule has 2 aromatic carbocycles. The van der Waals surface area contributed by atoms with Crippen molar-refractivity contribution in [1.29, 1.82) is 0 Å². The molecule has 2 aliphatic rings. The molecular weight excluding hydrogens is 486 g/mol. The van der Waals surface area contributed by atoms with Gasteiger partial charge in [0.25, 0.3) is 5.91 Å². The van der Waals surface area contributed by atoms with E-state index >= 15 is 0 Å². The summed E-state index contributed by atoms with van der Waals surface area (Å²) in [5.74, 6) is 3.38. The van der Waals surface area contributed by atoms with Gasteiger partial charge in [-0.25, -0.2) is 8.42 Å². The summed E-state index contributed by atoms with van der Waals surface area (Å²) in [5.41, 5.74) is 1.10. The van der Waals surface area contributed by atoms with Gasteiger partial charge in [-0.2, -0.15) is 9.30 Å². The normalized spacial score (nSPS) is 18.6. The highest BCUT2D eigenvalue weighted by atomic mass is 32.2. The van der Waals surface area contributed by atoms with Crippen LogP contribution < -0.4 is 14.3 Å². The summed E-state index contributed by atoms with van der Waals surface area (Å²) in [4.78, 5) is 17.9. The number of sulfonamides is 1. The first-order valence-corrected chi connectivity index (χ1v) is 13.8. The van der Waals surface area contributed by atoms with Gasteiger partial charge >= 0.3 is 0 Å². The molecule has 3 aromatic rings. The van der Waals surface area contributed by atoms with Crippen LogP contribution in [0.1, 0.15) is 43.0 Å². The Morgan fingerprint density at radius 2 is 1.94 bits per heavy atom. The fraction of sp³-hybridized carbons (Fsp3) is 0.360. The zero-order chi connectivity index (χ0) is 24.6. The number of terminal acetylenes is 1. The maximum atomic E-state index is 13.2. The first-order valence-electron chi connectivity index (χ1n) is 11.5. The molecule has 10 heteroatoms. The highest BCUT2D eigenvalue weighted by molar-refractivity contribution is 7.89. The summed E-state index contributed by atoms with van der Waals surface area (Å²) in [6, 6.07) is 9.69. The number of thiazole rings is 1. The van der Waals surface area contributed by atoms with Crippen molar-refractivity contribution in [3.8, 4) is 23.8 Å². The molecule has 1 atom stereocenters. The van der Waals surface area contributed by atoms with E-state index in [1.807, 2.05) is 19.1 Å². The second kappa shape index (κ2) is 9.49. The Morgan fingerprint density at radius 3 is 2.66 bits per heavy atom. The SMILES string of the molecule is C#CCn1c(=NC(=O)c2ccc(S(=O)(=O)N3CCCCC3CC)cc2)sc2cc3c(cc21)OCO3. The zero-order valence-electron chi connectivity index (χ0n) is 19.3. The maximum absolute atomic E-state index is 13.2. The second-order valence-corrected chi connectivity index (χ2v) is 11.4. The summed E-state index contributed by atoms with van der Waals surface area (Å²) in [7, 11) is -3.62. The minimum atomic E-state index is -3.62. The van der Waals surface area contributed by atoms with E-state index in [2.05, 4.69) is 10.9 Å². The molecule has 35 heavy (non-hydrogen) atoms. The Bertz CT molecular complexity index is 1500. The Morgan fingerprint density at radius 1 is 1.20 bits per heavy atom. The van der Waals surface area contributed by atoms with Crippen LogP contribution in [-0.4, -0.2) is 42.6 Å². The van der Waals surface area contributed by atoms with E-state index in [9.17, 15) is 13.2 Å². The Balaban J connectivity index is 1.46. The molecule has 0 bridgehead atoms. The molecule has 0 saturated carbocycles. The van der Waals surface area contributed by atoms with Crippen molar-refractivity contribution >= 4 is 37.5 Å². The number of ether oxygens (including phenoxy) is 2. The van der Waals surface area contributed by atoms with E-state index < -0.39 is 15.9 Å². The van der Waals surface area contributed by atoms with Crippen molar-refractivity contribution in [3.05, 3.63) is 46.8 Å². The predicted molar refractivity (Wildman–Crippen MR) is 133 cm³/mol. The Labute approximate surface area is 207 Å². The molecule has 2 aliphatic heterocycles. The third-order valence-corrected chi connectivity index (χ3v) is 9.38. The van der Waals surface area contributed by atoms with Gasteiger partial charge in [-0.15, -0.1) is 6.42 Å². The Hall–Kier alpha value is -3.13. The number of carbonyl (C=O) groups is 1. The lowest BCUT2D eigenvalue weighted by molar-refractivity contribution is 0.0997. The van der Waals surface area contributed by atoms with Crippen LogP contribution in [0.15, 0.2) is 46.3 Å². The van der Waals surface area contributed by atoms with Crippen LogP contribution in [0.25, 0.3) is 10.2 Å². The fourth-order valence-electron chi connectivity index (χ4n) is 4.54. The smallest absolute Gasteiger partial charge is 0.279 e. The molecule has 1 aromatic heterocycles. The van der Waals surface area contributed by atoms with Gasteiger partial charge in [0.1, 0.15) is 0 Å². The van der Waals surface area contributed by atoms with Crippen LogP contribution in [0.3, 0.4) is 0 Å². The number of hydrogen-bond acceptors (Lipinski definition) is 6. The molecule has 0 N–H and O–H groups in total. The molecule has 0 aliphatic carbocycles. The van der Waals surface area contributed by atoms with Crippen LogP contribution in [0.2, 0.25) is 0 Å². The zero-order valence-corrected chi connectivity index (χ0v) is 20.9. The molecule has 8 nitrogen and oxygen atoms in total. The van der Waals surface area contributed by atoms with Crippen LogP contribution in [-0.2, 0) is 16.6 Å². The molecule has 1 unspecified atom stereocenters. The van der Waals surface area contributed by atoms with E-state index in [0.29, 0.717) is 28.4 Å². The number of piperidine rings is 1. The Kier molecular flexibility index (Phi) is 6.40. The van der Waals surface area contributed by atoms with Gasteiger partial charge in [0.2, 0.25) is 16.8 Å². The van der Waals surface area contributed by atoms with Gasteiger partial charge < -0.3 is 14.0 Å². The minimum Gasteiger partial charge on any atom is -0.454 e. The summed E-state index contributed by atoms with van der Waals surface area (Å²) < 4.78 is 41.6. The van der Waals surface area contributed by atoms with Crippen molar-refractivity contribution in [2.45, 2.75) is 50.1 Å². The molecule has 1 fully saturated rings. The predicted octanol–water partition coefficient (Wildman–Crippen LogP) is 3.76. The van der Waals surface area contributed by atoms with Gasteiger partial charge in [-0.3, -0.25) is 4.79 Å². The molecule has 1 saturated heterocycles. The monoisotopic (exact) mass is 511 g/mol. The first-order chi connectivity index (χ1) is 16.9. The van der Waals surface area contributed by atoms with Gasteiger partial charge in [-0.1, -0.05) is 30.6 Å². The van der Waals surface area contributed by atoms with Gasteiger partial charge in [-0.05, 0) is 43.5 Å². The molecule has 0 radical (unpaired) electrons. The van der Waals surface area contributed by atoms with E-state index in [4.69, 9.17) is 15.9 Å².